The van der Waals surface area contributed by atoms with Gasteiger partial charge >= 0.3 is 0 Å². The summed E-state index contributed by atoms with van der Waals surface area (Å²) in [6.45, 7) is 27.3. The van der Waals surface area contributed by atoms with Crippen LogP contribution in [0.25, 0.3) is 0 Å². The van der Waals surface area contributed by atoms with Gasteiger partial charge in [0.2, 0.25) is 0 Å². The van der Waals surface area contributed by atoms with Gasteiger partial charge in [0.1, 0.15) is 5.78 Å². The van der Waals surface area contributed by atoms with Crippen LogP contribution < -0.4 is 0 Å². The predicted octanol–water partition coefficient (Wildman–Crippen LogP) is 7.53. The smallest absolute Gasteiger partial charge is 0.145 e. The molecule has 24 heavy (non-hydrogen) atoms. The zero-order chi connectivity index (χ0) is 19.6. The van der Waals surface area contributed by atoms with Crippen molar-refractivity contribution in [1.82, 2.24) is 0 Å². The summed E-state index contributed by atoms with van der Waals surface area (Å²) in [5.41, 5.74) is -0.514. The van der Waals surface area contributed by atoms with E-state index in [-0.39, 0.29) is 21.7 Å². The number of ketones is 1. The van der Waals surface area contributed by atoms with E-state index < -0.39 is 0 Å². The van der Waals surface area contributed by atoms with Crippen LogP contribution in [-0.2, 0) is 4.79 Å². The van der Waals surface area contributed by atoms with Gasteiger partial charge in [-0.25, -0.2) is 0 Å². The fraction of sp³-hybridized carbons (Fsp3) is 0.957. The van der Waals surface area contributed by atoms with E-state index in [1.54, 1.807) is 0 Å². The third-order valence-electron chi connectivity index (χ3n) is 8.95. The first-order valence-corrected chi connectivity index (χ1v) is 10.3. The van der Waals surface area contributed by atoms with Crippen LogP contribution in [0, 0.1) is 33.5 Å². The van der Waals surface area contributed by atoms with E-state index in [1.807, 2.05) is 0 Å². The molecular weight excluding hydrogens is 292 g/mol. The van der Waals surface area contributed by atoms with Crippen molar-refractivity contribution in [3.63, 3.8) is 0 Å². The molecule has 0 aliphatic heterocycles. The topological polar surface area (TPSA) is 17.1 Å². The standard InChI is InChI=1S/C23H46O/c1-13-20(9,17(5)6)22(11,15-3)19(24)23(12,16-4)21(10,14-2)18(7)8/h17-18H,13-16H2,1-12H3. The van der Waals surface area contributed by atoms with E-state index in [9.17, 15) is 4.79 Å². The molecule has 0 aliphatic rings. The van der Waals surface area contributed by atoms with E-state index in [1.165, 1.54) is 0 Å². The minimum absolute atomic E-state index is 0.0287. The molecule has 144 valence electrons. The maximum Gasteiger partial charge on any atom is 0.145 e. The minimum Gasteiger partial charge on any atom is -0.298 e. The predicted molar refractivity (Wildman–Crippen MR) is 108 cm³/mol. The van der Waals surface area contributed by atoms with Crippen LogP contribution in [0.3, 0.4) is 0 Å². The fourth-order valence-electron chi connectivity index (χ4n) is 5.13. The lowest BCUT2D eigenvalue weighted by atomic mass is 9.46. The maximum atomic E-state index is 14.2. The lowest BCUT2D eigenvalue weighted by molar-refractivity contribution is -0.160. The molecule has 4 atom stereocenters. The third kappa shape index (κ3) is 3.21. The van der Waals surface area contributed by atoms with Crippen molar-refractivity contribution in [3.8, 4) is 0 Å². The summed E-state index contributed by atoms with van der Waals surface area (Å²) in [5, 5.41) is 0. The molecule has 1 heteroatoms. The summed E-state index contributed by atoms with van der Waals surface area (Å²) in [7, 11) is 0. The molecule has 0 aromatic heterocycles. The molecule has 1 nitrogen and oxygen atoms in total. The number of carbonyl (C=O) groups is 1. The highest BCUT2D eigenvalue weighted by molar-refractivity contribution is 5.91. The molecule has 0 bridgehead atoms. The van der Waals surface area contributed by atoms with Gasteiger partial charge in [-0.2, -0.15) is 0 Å². The van der Waals surface area contributed by atoms with Gasteiger partial charge in [-0.3, -0.25) is 4.79 Å². The molecular formula is C23H46O. The molecule has 0 aromatic carbocycles. The van der Waals surface area contributed by atoms with E-state index >= 15 is 0 Å². The van der Waals surface area contributed by atoms with Crippen molar-refractivity contribution in [1.29, 1.82) is 0 Å². The molecule has 0 heterocycles. The molecule has 0 saturated heterocycles. The van der Waals surface area contributed by atoms with Crippen molar-refractivity contribution in [2.24, 2.45) is 33.5 Å². The highest BCUT2D eigenvalue weighted by Gasteiger charge is 2.58. The van der Waals surface area contributed by atoms with Gasteiger partial charge in [-0.15, -0.1) is 0 Å². The Morgan fingerprint density at radius 2 is 0.875 bits per heavy atom. The molecule has 0 rings (SSSR count). The largest absolute Gasteiger partial charge is 0.298 e. The van der Waals surface area contributed by atoms with Gasteiger partial charge in [-0.1, -0.05) is 83.1 Å². The molecule has 0 aromatic rings. The lowest BCUT2D eigenvalue weighted by Crippen LogP contribution is -2.57. The van der Waals surface area contributed by atoms with E-state index in [0.29, 0.717) is 17.6 Å². The van der Waals surface area contributed by atoms with Gasteiger partial charge in [0.25, 0.3) is 0 Å². The Balaban J connectivity index is 6.43. The Morgan fingerprint density at radius 3 is 1.00 bits per heavy atom. The van der Waals surface area contributed by atoms with Crippen LogP contribution in [0.15, 0.2) is 0 Å². The monoisotopic (exact) mass is 338 g/mol. The molecule has 0 spiro atoms. The number of rotatable bonds is 10. The molecule has 0 saturated carbocycles. The first kappa shape index (κ1) is 23.7. The summed E-state index contributed by atoms with van der Waals surface area (Å²) in [6, 6.07) is 0. The lowest BCUT2D eigenvalue weighted by Gasteiger charge is -2.56. The SMILES string of the molecule is CCC(C)(C(=O)C(C)(CC)C(C)(CC)C(C)C)C(C)(CC)C(C)C. The zero-order valence-electron chi connectivity index (χ0n) is 18.9. The summed E-state index contributed by atoms with van der Waals surface area (Å²) >= 11 is 0. The van der Waals surface area contributed by atoms with Gasteiger partial charge in [0.15, 0.2) is 0 Å². The van der Waals surface area contributed by atoms with Crippen LogP contribution in [0.2, 0.25) is 0 Å². The van der Waals surface area contributed by atoms with E-state index in [4.69, 9.17) is 0 Å². The second kappa shape index (κ2) is 7.92. The van der Waals surface area contributed by atoms with E-state index in [2.05, 4.69) is 83.1 Å². The van der Waals surface area contributed by atoms with Crippen molar-refractivity contribution < 1.29 is 4.79 Å². The molecule has 0 fully saturated rings. The Bertz CT molecular complexity index is 386. The number of hydrogen-bond acceptors (Lipinski definition) is 1. The maximum absolute atomic E-state index is 14.2. The Kier molecular flexibility index (Phi) is 7.81. The number of Topliss-reactive ketones (excluding diaryl/α,β-unsaturated/α-hetero) is 1. The highest BCUT2D eigenvalue weighted by atomic mass is 16.1. The van der Waals surface area contributed by atoms with Gasteiger partial charge < -0.3 is 0 Å². The fourth-order valence-corrected chi connectivity index (χ4v) is 5.13. The Morgan fingerprint density at radius 1 is 0.625 bits per heavy atom. The molecule has 0 amide bonds. The average molecular weight is 339 g/mol. The minimum atomic E-state index is -0.286. The summed E-state index contributed by atoms with van der Waals surface area (Å²) < 4.78 is 0. The molecule has 4 unspecified atom stereocenters. The van der Waals surface area contributed by atoms with Crippen molar-refractivity contribution in [2.75, 3.05) is 0 Å². The number of hydrogen-bond donors (Lipinski definition) is 0. The zero-order valence-corrected chi connectivity index (χ0v) is 18.9. The summed E-state index contributed by atoms with van der Waals surface area (Å²) in [5.74, 6) is 1.48. The summed E-state index contributed by atoms with van der Waals surface area (Å²) in [6.07, 6.45) is 3.93. The first-order chi connectivity index (χ1) is 10.8. The number of carbonyl (C=O) groups excluding carboxylic acids is 1. The van der Waals surface area contributed by atoms with Crippen LogP contribution in [-0.4, -0.2) is 5.78 Å². The Hall–Kier alpha value is -0.330. The molecule has 0 N–H and O–H groups in total. The normalized spacial score (nSPS) is 22.6. The first-order valence-electron chi connectivity index (χ1n) is 10.3. The van der Waals surface area contributed by atoms with Crippen LogP contribution in [0.4, 0.5) is 0 Å². The van der Waals surface area contributed by atoms with Gasteiger partial charge in [0.05, 0.1) is 0 Å². The average Bonchev–Trinajstić information content (AvgIpc) is 2.57. The van der Waals surface area contributed by atoms with Gasteiger partial charge in [-0.05, 0) is 48.3 Å². The second-order valence-electron chi connectivity index (χ2n) is 9.55. The van der Waals surface area contributed by atoms with Crippen LogP contribution in [0.5, 0.6) is 0 Å². The van der Waals surface area contributed by atoms with Crippen LogP contribution in [0.1, 0.15) is 109 Å². The second-order valence-corrected chi connectivity index (χ2v) is 9.55. The van der Waals surface area contributed by atoms with Gasteiger partial charge in [0, 0.05) is 10.8 Å². The van der Waals surface area contributed by atoms with E-state index in [0.717, 1.165) is 25.7 Å². The quantitative estimate of drug-likeness (QED) is 0.402. The van der Waals surface area contributed by atoms with Crippen molar-refractivity contribution in [3.05, 3.63) is 0 Å². The van der Waals surface area contributed by atoms with Crippen molar-refractivity contribution >= 4 is 5.78 Å². The third-order valence-corrected chi connectivity index (χ3v) is 8.95. The van der Waals surface area contributed by atoms with Crippen molar-refractivity contribution in [2.45, 2.75) is 109 Å². The molecule has 0 aliphatic carbocycles. The van der Waals surface area contributed by atoms with Crippen LogP contribution >= 0.6 is 0 Å². The molecule has 0 radical (unpaired) electrons. The summed E-state index contributed by atoms with van der Waals surface area (Å²) in [4.78, 5) is 14.2. The Labute approximate surface area is 153 Å². The highest BCUT2D eigenvalue weighted by Crippen LogP contribution is 2.59.